The lowest BCUT2D eigenvalue weighted by molar-refractivity contribution is -0.907. The predicted octanol–water partition coefficient (Wildman–Crippen LogP) is 2.35. The molecule has 0 radical (unpaired) electrons. The Labute approximate surface area is 133 Å². The van der Waals surface area contributed by atoms with E-state index in [9.17, 15) is 4.79 Å². The van der Waals surface area contributed by atoms with E-state index in [-0.39, 0.29) is 11.9 Å². The molecule has 1 amide bonds. The highest BCUT2D eigenvalue weighted by atomic mass is 16.2. The standard InChI is InChI=1S/C19H24N2O/c1-14-10-11-18(15(2)12-14)20-19(22)16(3)21(4)13-17-8-6-5-7-9-17/h5-12,16H,13H2,1-4H3,(H,20,22)/p+1/t16-/m1/s1. The van der Waals surface area contributed by atoms with E-state index in [2.05, 4.69) is 37.5 Å². The first-order valence-corrected chi connectivity index (χ1v) is 7.71. The van der Waals surface area contributed by atoms with Crippen molar-refractivity contribution in [1.29, 1.82) is 0 Å². The molecule has 0 fully saturated rings. The third kappa shape index (κ3) is 4.18. The Balaban J connectivity index is 1.99. The van der Waals surface area contributed by atoms with Crippen LogP contribution < -0.4 is 10.2 Å². The normalized spacial score (nSPS) is 13.5. The summed E-state index contributed by atoms with van der Waals surface area (Å²) in [4.78, 5) is 13.6. The molecule has 2 atom stereocenters. The Kier molecular flexibility index (Phi) is 5.34. The molecular weight excluding hydrogens is 272 g/mol. The van der Waals surface area contributed by atoms with Crippen LogP contribution in [-0.4, -0.2) is 19.0 Å². The second-order valence-corrected chi connectivity index (χ2v) is 6.04. The van der Waals surface area contributed by atoms with Crippen LogP contribution in [0.4, 0.5) is 5.69 Å². The van der Waals surface area contributed by atoms with Crippen LogP contribution in [0.15, 0.2) is 48.5 Å². The van der Waals surface area contributed by atoms with E-state index in [4.69, 9.17) is 0 Å². The smallest absolute Gasteiger partial charge is 0.282 e. The number of aryl methyl sites for hydroxylation is 2. The quantitative estimate of drug-likeness (QED) is 0.872. The molecule has 3 heteroatoms. The summed E-state index contributed by atoms with van der Waals surface area (Å²) in [6, 6.07) is 16.2. The van der Waals surface area contributed by atoms with Crippen LogP contribution in [0.3, 0.4) is 0 Å². The number of quaternary nitrogens is 1. The van der Waals surface area contributed by atoms with Crippen LogP contribution in [0.1, 0.15) is 23.6 Å². The fourth-order valence-electron chi connectivity index (χ4n) is 2.49. The van der Waals surface area contributed by atoms with E-state index in [1.165, 1.54) is 16.0 Å². The number of benzene rings is 2. The molecule has 0 aliphatic carbocycles. The van der Waals surface area contributed by atoms with Gasteiger partial charge in [0.1, 0.15) is 6.54 Å². The first-order valence-electron chi connectivity index (χ1n) is 7.71. The highest BCUT2D eigenvalue weighted by Gasteiger charge is 2.22. The number of hydrogen-bond donors (Lipinski definition) is 2. The van der Waals surface area contributed by atoms with Gasteiger partial charge in [0.25, 0.3) is 5.91 Å². The number of carbonyl (C=O) groups is 1. The molecule has 0 saturated heterocycles. The maximum atomic E-state index is 12.4. The summed E-state index contributed by atoms with van der Waals surface area (Å²) in [5.74, 6) is 0.0559. The van der Waals surface area contributed by atoms with Crippen LogP contribution in [0.25, 0.3) is 0 Å². The summed E-state index contributed by atoms with van der Waals surface area (Å²) in [6.07, 6.45) is 0. The lowest BCUT2D eigenvalue weighted by Crippen LogP contribution is -3.12. The number of hydrogen-bond acceptors (Lipinski definition) is 1. The minimum Gasteiger partial charge on any atom is -0.324 e. The lowest BCUT2D eigenvalue weighted by atomic mass is 10.1. The number of likely N-dealkylation sites (N-methyl/N-ethyl adjacent to an activating group) is 1. The largest absolute Gasteiger partial charge is 0.324 e. The average molecular weight is 297 g/mol. The van der Waals surface area contributed by atoms with Crippen molar-refractivity contribution in [2.75, 3.05) is 12.4 Å². The fourth-order valence-corrected chi connectivity index (χ4v) is 2.49. The number of carbonyl (C=O) groups excluding carboxylic acids is 1. The predicted molar refractivity (Wildman–Crippen MR) is 91.0 cm³/mol. The molecule has 0 saturated carbocycles. The zero-order valence-corrected chi connectivity index (χ0v) is 13.8. The Morgan fingerprint density at radius 1 is 1.14 bits per heavy atom. The first-order chi connectivity index (χ1) is 10.5. The fraction of sp³-hybridized carbons (Fsp3) is 0.316. The Hall–Kier alpha value is -2.13. The number of amides is 1. The van der Waals surface area contributed by atoms with Gasteiger partial charge < -0.3 is 10.2 Å². The highest BCUT2D eigenvalue weighted by molar-refractivity contribution is 5.94. The number of nitrogens with one attached hydrogen (secondary N) is 2. The topological polar surface area (TPSA) is 33.5 Å². The molecule has 3 nitrogen and oxygen atoms in total. The van der Waals surface area contributed by atoms with Crippen molar-refractivity contribution in [2.24, 2.45) is 0 Å². The monoisotopic (exact) mass is 297 g/mol. The molecule has 2 aromatic rings. The molecule has 2 rings (SSSR count). The van der Waals surface area contributed by atoms with Crippen LogP contribution in [-0.2, 0) is 11.3 Å². The van der Waals surface area contributed by atoms with Crippen LogP contribution in [0, 0.1) is 13.8 Å². The molecule has 0 spiro atoms. The van der Waals surface area contributed by atoms with Crippen LogP contribution in [0.5, 0.6) is 0 Å². The van der Waals surface area contributed by atoms with Crippen molar-refractivity contribution in [3.8, 4) is 0 Å². The summed E-state index contributed by atoms with van der Waals surface area (Å²) < 4.78 is 0. The molecule has 0 aliphatic heterocycles. The Bertz CT molecular complexity index is 637. The summed E-state index contributed by atoms with van der Waals surface area (Å²) in [5.41, 5.74) is 4.44. The molecule has 0 bridgehead atoms. The van der Waals surface area contributed by atoms with Crippen molar-refractivity contribution in [3.05, 3.63) is 65.2 Å². The van der Waals surface area contributed by atoms with Gasteiger partial charge in [-0.3, -0.25) is 4.79 Å². The highest BCUT2D eigenvalue weighted by Crippen LogP contribution is 2.15. The minimum atomic E-state index is -0.110. The summed E-state index contributed by atoms with van der Waals surface area (Å²) in [5, 5.41) is 3.04. The minimum absolute atomic E-state index is 0.0559. The van der Waals surface area contributed by atoms with Gasteiger partial charge in [0.15, 0.2) is 6.04 Å². The second-order valence-electron chi connectivity index (χ2n) is 6.04. The lowest BCUT2D eigenvalue weighted by Gasteiger charge is -2.21. The molecule has 2 N–H and O–H groups in total. The van der Waals surface area contributed by atoms with Gasteiger partial charge in [-0.05, 0) is 32.4 Å². The molecule has 0 heterocycles. The van der Waals surface area contributed by atoms with Gasteiger partial charge in [0.05, 0.1) is 7.05 Å². The van der Waals surface area contributed by atoms with E-state index in [1.807, 2.05) is 44.2 Å². The van der Waals surface area contributed by atoms with Crippen LogP contribution >= 0.6 is 0 Å². The van der Waals surface area contributed by atoms with Gasteiger partial charge in [0, 0.05) is 11.3 Å². The third-order valence-corrected chi connectivity index (χ3v) is 4.10. The van der Waals surface area contributed by atoms with Gasteiger partial charge in [-0.1, -0.05) is 48.0 Å². The molecule has 116 valence electrons. The van der Waals surface area contributed by atoms with Gasteiger partial charge in [-0.15, -0.1) is 0 Å². The second kappa shape index (κ2) is 7.23. The van der Waals surface area contributed by atoms with Gasteiger partial charge in [-0.2, -0.15) is 0 Å². The molecule has 0 aromatic heterocycles. The van der Waals surface area contributed by atoms with E-state index in [1.54, 1.807) is 0 Å². The number of rotatable bonds is 5. The maximum absolute atomic E-state index is 12.4. The SMILES string of the molecule is Cc1ccc(NC(=O)[C@@H](C)[NH+](C)Cc2ccccc2)c(C)c1. The third-order valence-electron chi connectivity index (χ3n) is 4.10. The Morgan fingerprint density at radius 3 is 2.45 bits per heavy atom. The van der Waals surface area contributed by atoms with Gasteiger partial charge in [0.2, 0.25) is 0 Å². The van der Waals surface area contributed by atoms with Crippen molar-refractivity contribution in [2.45, 2.75) is 33.4 Å². The van der Waals surface area contributed by atoms with Crippen molar-refractivity contribution in [3.63, 3.8) is 0 Å². The van der Waals surface area contributed by atoms with E-state index < -0.39 is 0 Å². The molecule has 1 unspecified atom stereocenters. The van der Waals surface area contributed by atoms with Gasteiger partial charge in [-0.25, -0.2) is 0 Å². The molecule has 0 aliphatic rings. The zero-order chi connectivity index (χ0) is 16.1. The number of anilines is 1. The molecule has 22 heavy (non-hydrogen) atoms. The molecule has 2 aromatic carbocycles. The average Bonchev–Trinajstić information content (AvgIpc) is 2.50. The summed E-state index contributed by atoms with van der Waals surface area (Å²) in [6.45, 7) is 6.88. The van der Waals surface area contributed by atoms with Crippen molar-refractivity contribution < 1.29 is 9.69 Å². The van der Waals surface area contributed by atoms with Crippen LogP contribution in [0.2, 0.25) is 0 Å². The molecular formula is C19H25N2O+. The summed E-state index contributed by atoms with van der Waals surface area (Å²) >= 11 is 0. The van der Waals surface area contributed by atoms with E-state index >= 15 is 0 Å². The van der Waals surface area contributed by atoms with Gasteiger partial charge >= 0.3 is 0 Å². The van der Waals surface area contributed by atoms with Crippen molar-refractivity contribution >= 4 is 11.6 Å². The summed E-state index contributed by atoms with van der Waals surface area (Å²) in [7, 11) is 2.05. The Morgan fingerprint density at radius 2 is 1.82 bits per heavy atom. The maximum Gasteiger partial charge on any atom is 0.282 e. The van der Waals surface area contributed by atoms with E-state index in [0.717, 1.165) is 17.8 Å². The first kappa shape index (κ1) is 16.2. The van der Waals surface area contributed by atoms with E-state index in [0.29, 0.717) is 0 Å². The zero-order valence-electron chi connectivity index (χ0n) is 13.8. The van der Waals surface area contributed by atoms with Crippen molar-refractivity contribution in [1.82, 2.24) is 0 Å².